The van der Waals surface area contributed by atoms with Crippen molar-refractivity contribution in [1.82, 2.24) is 9.88 Å². The van der Waals surface area contributed by atoms with E-state index in [0.29, 0.717) is 18.8 Å². The molecule has 1 aromatic carbocycles. The molecule has 0 saturated carbocycles. The molecule has 0 unspecified atom stereocenters. The van der Waals surface area contributed by atoms with E-state index >= 15 is 0 Å². The van der Waals surface area contributed by atoms with Crippen LogP contribution in [0.5, 0.6) is 0 Å². The third-order valence-electron chi connectivity index (χ3n) is 4.74. The van der Waals surface area contributed by atoms with Crippen molar-refractivity contribution in [2.75, 3.05) is 18.1 Å². The van der Waals surface area contributed by atoms with E-state index in [4.69, 9.17) is 0 Å². The van der Waals surface area contributed by atoms with Crippen molar-refractivity contribution in [3.8, 4) is 0 Å². The highest BCUT2D eigenvalue weighted by atomic mass is 32.2. The van der Waals surface area contributed by atoms with Crippen molar-refractivity contribution in [1.29, 1.82) is 0 Å². The lowest BCUT2D eigenvalue weighted by molar-refractivity contribution is -0.137. The van der Waals surface area contributed by atoms with E-state index in [-0.39, 0.29) is 11.9 Å². The van der Waals surface area contributed by atoms with Crippen LogP contribution in [0.15, 0.2) is 41.5 Å². The van der Waals surface area contributed by atoms with Crippen molar-refractivity contribution in [2.45, 2.75) is 25.2 Å². The van der Waals surface area contributed by atoms with Gasteiger partial charge in [0.15, 0.2) is 0 Å². The number of aromatic nitrogens is 1. The lowest BCUT2D eigenvalue weighted by atomic mass is 10.0. The molecule has 142 valence electrons. The maximum absolute atomic E-state index is 12.7. The first-order valence-electron chi connectivity index (χ1n) is 8.69. The fourth-order valence-electron chi connectivity index (χ4n) is 3.25. The Morgan fingerprint density at radius 2 is 1.96 bits per heavy atom. The molecule has 1 saturated heterocycles. The Balaban J connectivity index is 1.56. The molecule has 3 heterocycles. The number of alkyl halides is 3. The van der Waals surface area contributed by atoms with Gasteiger partial charge in [-0.2, -0.15) is 24.9 Å². The molecule has 1 aromatic heterocycles. The Kier molecular flexibility index (Phi) is 4.75. The van der Waals surface area contributed by atoms with Gasteiger partial charge in [0, 0.05) is 36.8 Å². The van der Waals surface area contributed by atoms with Crippen LogP contribution in [0.2, 0.25) is 0 Å². The summed E-state index contributed by atoms with van der Waals surface area (Å²) < 4.78 is 40.1. The number of hydrogen-bond donors (Lipinski definition) is 1. The first-order valence-corrected chi connectivity index (χ1v) is 9.85. The van der Waals surface area contributed by atoms with Crippen LogP contribution < -0.4 is 5.32 Å². The Bertz CT molecular complexity index is 883. The van der Waals surface area contributed by atoms with Crippen molar-refractivity contribution >= 4 is 23.4 Å². The van der Waals surface area contributed by atoms with Gasteiger partial charge in [0.05, 0.1) is 11.3 Å². The van der Waals surface area contributed by atoms with E-state index < -0.39 is 11.7 Å². The Hall–Kier alpha value is -2.22. The molecule has 0 spiro atoms. The second kappa shape index (κ2) is 7.07. The molecule has 0 aliphatic carbocycles. The van der Waals surface area contributed by atoms with Crippen molar-refractivity contribution in [3.05, 3.63) is 58.9 Å². The highest BCUT2D eigenvalue weighted by molar-refractivity contribution is 8.00. The van der Waals surface area contributed by atoms with Crippen LogP contribution >= 0.6 is 11.8 Å². The molecule has 1 amide bonds. The lowest BCUT2D eigenvalue weighted by Gasteiger charge is -2.27. The molecule has 1 fully saturated rings. The minimum Gasteiger partial charge on any atom is -0.346 e. The van der Waals surface area contributed by atoms with Crippen LogP contribution in [0.25, 0.3) is 0 Å². The molecule has 2 aromatic rings. The van der Waals surface area contributed by atoms with Crippen LogP contribution in [0, 0.1) is 0 Å². The second-order valence-corrected chi connectivity index (χ2v) is 7.78. The van der Waals surface area contributed by atoms with E-state index in [1.165, 1.54) is 12.1 Å². The zero-order valence-corrected chi connectivity index (χ0v) is 15.2. The summed E-state index contributed by atoms with van der Waals surface area (Å²) in [4.78, 5) is 17.1. The molecular formula is C19H18F3N3OS. The van der Waals surface area contributed by atoms with Gasteiger partial charge in [0.1, 0.15) is 5.71 Å². The maximum atomic E-state index is 12.7. The number of rotatable bonds is 4. The summed E-state index contributed by atoms with van der Waals surface area (Å²) in [6, 6.07) is 7.26. The van der Waals surface area contributed by atoms with Crippen LogP contribution in [0.1, 0.15) is 22.4 Å². The number of hydrogen-bond acceptors (Lipinski definition) is 3. The van der Waals surface area contributed by atoms with Gasteiger partial charge < -0.3 is 9.88 Å². The van der Waals surface area contributed by atoms with Crippen molar-refractivity contribution in [2.24, 2.45) is 4.99 Å². The summed E-state index contributed by atoms with van der Waals surface area (Å²) >= 11 is 1.79. The fraction of sp³-hybridized carbons (Fsp3) is 0.368. The predicted molar refractivity (Wildman–Crippen MR) is 99.3 cm³/mol. The highest BCUT2D eigenvalue weighted by Gasteiger charge is 2.30. The SMILES string of the molecule is O=C(NC1CSC1)C1=NCCc2ccn(Cc3ccc(C(F)(F)F)cc3)c21. The van der Waals surface area contributed by atoms with Crippen LogP contribution in [-0.4, -0.2) is 40.3 Å². The summed E-state index contributed by atoms with van der Waals surface area (Å²) in [6.07, 6.45) is -1.72. The number of halogens is 3. The van der Waals surface area contributed by atoms with Gasteiger partial charge in [0.25, 0.3) is 5.91 Å². The first kappa shape index (κ1) is 18.2. The van der Waals surface area contributed by atoms with Gasteiger partial charge in [-0.15, -0.1) is 0 Å². The summed E-state index contributed by atoms with van der Waals surface area (Å²) in [7, 11) is 0. The van der Waals surface area contributed by atoms with Crippen molar-refractivity contribution in [3.63, 3.8) is 0 Å². The van der Waals surface area contributed by atoms with Crippen molar-refractivity contribution < 1.29 is 18.0 Å². The van der Waals surface area contributed by atoms with Gasteiger partial charge in [-0.1, -0.05) is 12.1 Å². The third-order valence-corrected chi connectivity index (χ3v) is 6.02. The molecule has 0 atom stereocenters. The molecule has 27 heavy (non-hydrogen) atoms. The molecule has 8 heteroatoms. The van der Waals surface area contributed by atoms with E-state index in [9.17, 15) is 18.0 Å². The normalized spacial score (nSPS) is 17.1. The van der Waals surface area contributed by atoms with Gasteiger partial charge in [-0.05, 0) is 35.7 Å². The first-order chi connectivity index (χ1) is 12.9. The molecule has 0 bridgehead atoms. The van der Waals surface area contributed by atoms with Gasteiger partial charge >= 0.3 is 6.18 Å². The Morgan fingerprint density at radius 3 is 2.59 bits per heavy atom. The minimum absolute atomic E-state index is 0.173. The number of nitrogens with one attached hydrogen (secondary N) is 1. The summed E-state index contributed by atoms with van der Waals surface area (Å²) in [6.45, 7) is 0.957. The second-order valence-electron chi connectivity index (χ2n) is 6.70. The molecule has 4 rings (SSSR count). The predicted octanol–water partition coefficient (Wildman–Crippen LogP) is 3.13. The maximum Gasteiger partial charge on any atom is 0.416 e. The number of aliphatic imine (C=N–C) groups is 1. The number of carbonyl (C=O) groups excluding carboxylic acids is 1. The average molecular weight is 393 g/mol. The molecule has 2 aliphatic heterocycles. The summed E-state index contributed by atoms with van der Waals surface area (Å²) in [5, 5.41) is 3.00. The molecule has 0 radical (unpaired) electrons. The highest BCUT2D eigenvalue weighted by Crippen LogP contribution is 2.29. The zero-order valence-electron chi connectivity index (χ0n) is 14.4. The van der Waals surface area contributed by atoms with E-state index in [1.54, 1.807) is 11.8 Å². The molecule has 4 nitrogen and oxygen atoms in total. The number of carbonyl (C=O) groups is 1. The van der Waals surface area contributed by atoms with Gasteiger partial charge in [0.2, 0.25) is 0 Å². The molecule has 2 aliphatic rings. The monoisotopic (exact) mass is 393 g/mol. The lowest BCUT2D eigenvalue weighted by Crippen LogP contribution is -2.47. The average Bonchev–Trinajstić information content (AvgIpc) is 3.01. The number of amides is 1. The van der Waals surface area contributed by atoms with Crippen LogP contribution in [-0.2, 0) is 23.9 Å². The van der Waals surface area contributed by atoms with E-state index in [1.807, 2.05) is 16.8 Å². The van der Waals surface area contributed by atoms with E-state index in [2.05, 4.69) is 10.3 Å². The van der Waals surface area contributed by atoms with Crippen LogP contribution in [0.4, 0.5) is 13.2 Å². The molecule has 1 N–H and O–H groups in total. The fourth-order valence-corrected chi connectivity index (χ4v) is 3.89. The number of benzene rings is 1. The topological polar surface area (TPSA) is 46.4 Å². The minimum atomic E-state index is -4.34. The number of nitrogens with zero attached hydrogens (tertiary/aromatic N) is 2. The summed E-state index contributed by atoms with van der Waals surface area (Å²) in [5.41, 5.74) is 2.31. The third kappa shape index (κ3) is 3.76. The Morgan fingerprint density at radius 1 is 1.22 bits per heavy atom. The number of fused-ring (bicyclic) bond motifs is 1. The van der Waals surface area contributed by atoms with Gasteiger partial charge in [-0.25, -0.2) is 0 Å². The zero-order chi connectivity index (χ0) is 19.0. The molecular weight excluding hydrogens is 375 g/mol. The Labute approximate surface area is 158 Å². The standard InChI is InChI=1S/C19H18F3N3OS/c20-19(21,22)14-3-1-12(2-4-14)9-25-8-6-13-5-7-23-16(17(13)25)18(26)24-15-10-27-11-15/h1-4,6,8,15H,5,7,9-11H2,(H,24,26). The van der Waals surface area contributed by atoms with Gasteiger partial charge in [-0.3, -0.25) is 9.79 Å². The quantitative estimate of drug-likeness (QED) is 0.868. The smallest absolute Gasteiger partial charge is 0.346 e. The van der Waals surface area contributed by atoms with E-state index in [0.717, 1.165) is 46.9 Å². The van der Waals surface area contributed by atoms with Crippen LogP contribution in [0.3, 0.4) is 0 Å². The largest absolute Gasteiger partial charge is 0.416 e. The number of thioether (sulfide) groups is 1. The summed E-state index contributed by atoms with van der Waals surface area (Å²) in [5.74, 6) is 1.66.